The van der Waals surface area contributed by atoms with Crippen LogP contribution < -0.4 is 11.1 Å². The number of nitrogens with zero attached hydrogens (tertiary/aromatic N) is 3. The molecular formula is C35H46N5+. The van der Waals surface area contributed by atoms with Crippen LogP contribution >= 0.6 is 0 Å². The molecule has 210 valence electrons. The second-order valence-electron chi connectivity index (χ2n) is 12.7. The highest BCUT2D eigenvalue weighted by atomic mass is 15.2. The summed E-state index contributed by atoms with van der Waals surface area (Å²) in [5.41, 5.74) is 15.8. The number of rotatable bonds is 6. The van der Waals surface area contributed by atoms with Gasteiger partial charge in [-0.15, -0.1) is 0 Å². The summed E-state index contributed by atoms with van der Waals surface area (Å²) in [6, 6.07) is 7.90. The van der Waals surface area contributed by atoms with Gasteiger partial charge in [0.2, 0.25) is 5.70 Å². The van der Waals surface area contributed by atoms with Crippen LogP contribution in [0.4, 0.5) is 0 Å². The van der Waals surface area contributed by atoms with Crippen molar-refractivity contribution < 1.29 is 4.58 Å². The molecule has 3 N–H and O–H groups in total. The number of hydrogen-bond donors (Lipinski definition) is 2. The van der Waals surface area contributed by atoms with Crippen LogP contribution in [0.3, 0.4) is 0 Å². The van der Waals surface area contributed by atoms with Crippen LogP contribution in [0.5, 0.6) is 0 Å². The van der Waals surface area contributed by atoms with E-state index in [1.807, 2.05) is 6.21 Å². The summed E-state index contributed by atoms with van der Waals surface area (Å²) in [7, 11) is 0. The molecule has 1 spiro atoms. The Hall–Kier alpha value is -3.18. The van der Waals surface area contributed by atoms with Crippen molar-refractivity contribution in [2.24, 2.45) is 16.1 Å². The summed E-state index contributed by atoms with van der Waals surface area (Å²) < 4.78 is 2.27. The number of allylic oxidation sites excluding steroid dienone is 4. The maximum absolute atomic E-state index is 6.18. The lowest BCUT2D eigenvalue weighted by Crippen LogP contribution is -2.60. The molecule has 2 bridgehead atoms. The predicted octanol–water partition coefficient (Wildman–Crippen LogP) is 6.33. The number of aliphatic imine (C=N–C) groups is 1. The van der Waals surface area contributed by atoms with Crippen LogP contribution in [-0.4, -0.2) is 53.1 Å². The van der Waals surface area contributed by atoms with E-state index in [9.17, 15) is 0 Å². The van der Waals surface area contributed by atoms with Crippen molar-refractivity contribution in [3.63, 3.8) is 0 Å². The van der Waals surface area contributed by atoms with Gasteiger partial charge in [-0.2, -0.15) is 4.58 Å². The zero-order valence-corrected chi connectivity index (χ0v) is 24.3. The minimum absolute atomic E-state index is 0.132. The lowest BCUT2D eigenvalue weighted by molar-refractivity contribution is -0.463. The van der Waals surface area contributed by atoms with E-state index in [-0.39, 0.29) is 6.04 Å². The monoisotopic (exact) mass is 536 g/mol. The molecule has 5 aliphatic rings. The Kier molecular flexibility index (Phi) is 7.43. The summed E-state index contributed by atoms with van der Waals surface area (Å²) >= 11 is 0. The lowest BCUT2D eigenvalue weighted by Gasteiger charge is -2.60. The number of nitrogens with two attached hydrogens (primary N) is 1. The van der Waals surface area contributed by atoms with E-state index in [2.05, 4.69) is 71.9 Å². The Morgan fingerprint density at radius 1 is 1.12 bits per heavy atom. The first-order chi connectivity index (χ1) is 19.4. The van der Waals surface area contributed by atoms with Crippen molar-refractivity contribution in [3.8, 4) is 0 Å². The van der Waals surface area contributed by atoms with E-state index >= 15 is 0 Å². The molecule has 5 heteroatoms. The van der Waals surface area contributed by atoms with E-state index in [1.54, 1.807) is 6.20 Å². The smallest absolute Gasteiger partial charge is 0.206 e. The average molecular weight is 537 g/mol. The first-order valence-electron chi connectivity index (χ1n) is 15.3. The molecule has 2 atom stereocenters. The minimum Gasteiger partial charge on any atom is -0.404 e. The molecule has 1 aromatic rings. The first-order valence-corrected chi connectivity index (χ1v) is 15.3. The number of likely N-dealkylation sites (tertiary alicyclic amines) is 1. The van der Waals surface area contributed by atoms with E-state index in [0.29, 0.717) is 11.5 Å². The highest BCUT2D eigenvalue weighted by Gasteiger charge is 2.52. The summed E-state index contributed by atoms with van der Waals surface area (Å²) in [5.74, 6) is 0. The van der Waals surface area contributed by atoms with Gasteiger partial charge in [0, 0.05) is 55.5 Å². The molecule has 2 saturated carbocycles. The number of fused-ring (bicyclic) bond motifs is 2. The number of nitrogens with one attached hydrogen (secondary N) is 1. The standard InChI is InChI=1S/C35H46N5/c1-24-9-10-33(26(3)38-24)40-20-12-29(32-8-5-7-31(25(32)2)27(40)4)21-28(22-36)23-37-30-13-18-39(19-14-30)34-11-17-35(34)15-6-16-35/h5,7-8,12,20,22-23,30,33-34,38H,1,3-4,6,9-11,13-19,21,36H2,2H3/q+1/b28-22-,29-12?,37-23?,40-20?. The van der Waals surface area contributed by atoms with Crippen molar-refractivity contribution >= 4 is 23.7 Å². The molecule has 4 fully saturated rings. The fourth-order valence-electron chi connectivity index (χ4n) is 7.78. The van der Waals surface area contributed by atoms with Crippen molar-refractivity contribution in [1.82, 2.24) is 10.2 Å². The van der Waals surface area contributed by atoms with Gasteiger partial charge in [0.05, 0.1) is 11.7 Å². The number of benzene rings is 1. The van der Waals surface area contributed by atoms with Crippen LogP contribution in [0.15, 0.2) is 72.2 Å². The fraction of sp³-hybridized carbons (Fsp3) is 0.486. The van der Waals surface area contributed by atoms with Gasteiger partial charge in [0.25, 0.3) is 0 Å². The quantitative estimate of drug-likeness (QED) is 0.330. The summed E-state index contributed by atoms with van der Waals surface area (Å²) in [6.45, 7) is 17.5. The molecule has 1 aromatic carbocycles. The van der Waals surface area contributed by atoms with Gasteiger partial charge in [0.15, 0.2) is 12.3 Å². The van der Waals surface area contributed by atoms with Crippen LogP contribution in [-0.2, 0) is 0 Å². The zero-order valence-electron chi connectivity index (χ0n) is 24.3. The lowest BCUT2D eigenvalue weighted by atomic mass is 9.52. The molecule has 0 aromatic heterocycles. The second kappa shape index (κ2) is 11.0. The third-order valence-corrected chi connectivity index (χ3v) is 10.5. The second-order valence-corrected chi connectivity index (χ2v) is 12.7. The van der Waals surface area contributed by atoms with Gasteiger partial charge in [-0.3, -0.25) is 9.89 Å². The topological polar surface area (TPSA) is 56.7 Å². The Labute approximate surface area is 240 Å². The molecule has 2 saturated heterocycles. The van der Waals surface area contributed by atoms with Crippen molar-refractivity contribution in [3.05, 3.63) is 83.9 Å². The molecule has 6 rings (SSSR count). The number of piperidine rings is 2. The Morgan fingerprint density at radius 3 is 2.55 bits per heavy atom. The van der Waals surface area contributed by atoms with Crippen LogP contribution in [0.2, 0.25) is 0 Å². The molecule has 0 radical (unpaired) electrons. The van der Waals surface area contributed by atoms with Crippen LogP contribution in [0.25, 0.3) is 11.3 Å². The average Bonchev–Trinajstić information content (AvgIpc) is 2.90. The molecule has 2 aliphatic carbocycles. The normalized spacial score (nSPS) is 27.4. The summed E-state index contributed by atoms with van der Waals surface area (Å²) in [4.78, 5) is 7.83. The van der Waals surface area contributed by atoms with E-state index in [0.717, 1.165) is 60.8 Å². The summed E-state index contributed by atoms with van der Waals surface area (Å²) in [5, 5.41) is 3.37. The maximum atomic E-state index is 6.18. The first kappa shape index (κ1) is 27.0. The minimum atomic E-state index is 0.132. The molecule has 0 amide bonds. The molecule has 40 heavy (non-hydrogen) atoms. The number of hydrogen-bond acceptors (Lipinski definition) is 4. The van der Waals surface area contributed by atoms with Gasteiger partial charge in [-0.1, -0.05) is 31.7 Å². The molecule has 3 aliphatic heterocycles. The van der Waals surface area contributed by atoms with Crippen molar-refractivity contribution in [2.45, 2.75) is 89.3 Å². The van der Waals surface area contributed by atoms with Crippen LogP contribution in [0.1, 0.15) is 80.9 Å². The van der Waals surface area contributed by atoms with Gasteiger partial charge in [-0.05, 0) is 98.4 Å². The van der Waals surface area contributed by atoms with Crippen molar-refractivity contribution in [1.29, 1.82) is 0 Å². The van der Waals surface area contributed by atoms with Gasteiger partial charge in [0.1, 0.15) is 0 Å². The van der Waals surface area contributed by atoms with Gasteiger partial charge < -0.3 is 11.1 Å². The largest absolute Gasteiger partial charge is 0.404 e. The molecule has 3 heterocycles. The van der Waals surface area contributed by atoms with Gasteiger partial charge in [-0.25, -0.2) is 0 Å². The fourth-order valence-corrected chi connectivity index (χ4v) is 7.78. The highest BCUT2D eigenvalue weighted by molar-refractivity contribution is 5.91. The van der Waals surface area contributed by atoms with E-state index in [4.69, 9.17) is 10.7 Å². The van der Waals surface area contributed by atoms with E-state index in [1.165, 1.54) is 67.5 Å². The zero-order chi connectivity index (χ0) is 27.9. The Bertz CT molecular complexity index is 1320. The predicted molar refractivity (Wildman–Crippen MR) is 168 cm³/mol. The molecule has 2 unspecified atom stereocenters. The highest BCUT2D eigenvalue weighted by Crippen LogP contribution is 2.58. The Balaban J connectivity index is 1.17. The SMILES string of the molecule is C=C1CCC([N+]2=CC=C(C/C(C=NC3CCN(C4CCC45CCC5)CC3)=C/N)c3cccc(c3C)C2=C)C(=C)N1. The van der Waals surface area contributed by atoms with Crippen molar-refractivity contribution in [2.75, 3.05) is 13.1 Å². The maximum Gasteiger partial charge on any atom is 0.206 e. The third-order valence-electron chi connectivity index (χ3n) is 10.5. The van der Waals surface area contributed by atoms with Gasteiger partial charge >= 0.3 is 0 Å². The van der Waals surface area contributed by atoms with E-state index < -0.39 is 0 Å². The Morgan fingerprint density at radius 2 is 1.90 bits per heavy atom. The summed E-state index contributed by atoms with van der Waals surface area (Å²) in [6.07, 6.45) is 20.4. The molecular weight excluding hydrogens is 490 g/mol. The van der Waals surface area contributed by atoms with Crippen LogP contribution in [0, 0.1) is 12.3 Å². The third kappa shape index (κ3) is 4.94. The molecule has 5 nitrogen and oxygen atoms in total.